The first kappa shape index (κ1) is 14.1. The van der Waals surface area contributed by atoms with E-state index in [0.717, 1.165) is 12.3 Å². The van der Waals surface area contributed by atoms with E-state index >= 15 is 0 Å². The third-order valence-electron chi connectivity index (χ3n) is 3.36. The second kappa shape index (κ2) is 6.73. The van der Waals surface area contributed by atoms with Crippen molar-refractivity contribution in [3.8, 4) is 0 Å². The van der Waals surface area contributed by atoms with Crippen molar-refractivity contribution >= 4 is 5.91 Å². The summed E-state index contributed by atoms with van der Waals surface area (Å²) < 4.78 is 10.7. The maximum Gasteiger partial charge on any atom is 0.227 e. The van der Waals surface area contributed by atoms with Gasteiger partial charge in [-0.2, -0.15) is 0 Å². The lowest BCUT2D eigenvalue weighted by molar-refractivity contribution is -0.126. The lowest BCUT2D eigenvalue weighted by Crippen LogP contribution is -2.46. The molecule has 2 N–H and O–H groups in total. The molecule has 106 valence electrons. The predicted octanol–water partition coefficient (Wildman–Crippen LogP) is 0.951. The minimum atomic E-state index is -0.0981. The molecule has 0 aromatic carbocycles. The van der Waals surface area contributed by atoms with Crippen LogP contribution in [-0.4, -0.2) is 37.7 Å². The summed E-state index contributed by atoms with van der Waals surface area (Å²) in [4.78, 5) is 12.2. The zero-order valence-electron chi connectivity index (χ0n) is 11.5. The van der Waals surface area contributed by atoms with Gasteiger partial charge in [0.15, 0.2) is 0 Å². The monoisotopic (exact) mass is 266 g/mol. The highest BCUT2D eigenvalue weighted by Gasteiger charge is 2.33. The van der Waals surface area contributed by atoms with E-state index in [-0.39, 0.29) is 23.9 Å². The molecule has 2 rings (SSSR count). The molecule has 0 aliphatic carbocycles. The van der Waals surface area contributed by atoms with Gasteiger partial charge in [-0.3, -0.25) is 4.79 Å². The summed E-state index contributed by atoms with van der Waals surface area (Å²) in [5.41, 5.74) is 0. The molecule has 1 fully saturated rings. The lowest BCUT2D eigenvalue weighted by Gasteiger charge is -2.20. The van der Waals surface area contributed by atoms with Crippen LogP contribution in [0.2, 0.25) is 0 Å². The maximum atomic E-state index is 12.2. The van der Waals surface area contributed by atoms with Crippen molar-refractivity contribution in [1.82, 2.24) is 10.6 Å². The SMILES string of the molecule is CCNC1COCC1C(=O)NC(C)Cc1ccco1. The fraction of sp³-hybridized carbons (Fsp3) is 0.643. The molecule has 1 aromatic heterocycles. The van der Waals surface area contributed by atoms with Crippen LogP contribution in [0.25, 0.3) is 0 Å². The third kappa shape index (κ3) is 3.81. The molecule has 1 aliphatic rings. The predicted molar refractivity (Wildman–Crippen MR) is 71.8 cm³/mol. The Balaban J connectivity index is 1.82. The van der Waals surface area contributed by atoms with Crippen LogP contribution in [0.3, 0.4) is 0 Å². The molecule has 3 unspecified atom stereocenters. The van der Waals surface area contributed by atoms with Crippen molar-refractivity contribution in [2.24, 2.45) is 5.92 Å². The standard InChI is InChI=1S/C14H22N2O3/c1-3-15-13-9-18-8-12(13)14(17)16-10(2)7-11-5-4-6-19-11/h4-6,10,12-13,15H,3,7-9H2,1-2H3,(H,16,17). The van der Waals surface area contributed by atoms with Crippen molar-refractivity contribution in [3.05, 3.63) is 24.2 Å². The first-order valence-corrected chi connectivity index (χ1v) is 6.84. The second-order valence-corrected chi connectivity index (χ2v) is 5.00. The van der Waals surface area contributed by atoms with E-state index in [1.807, 2.05) is 26.0 Å². The lowest BCUT2D eigenvalue weighted by atomic mass is 10.0. The van der Waals surface area contributed by atoms with Gasteiger partial charge in [-0.25, -0.2) is 0 Å². The first-order chi connectivity index (χ1) is 9.20. The number of nitrogens with one attached hydrogen (secondary N) is 2. The summed E-state index contributed by atoms with van der Waals surface area (Å²) in [6.07, 6.45) is 2.36. The van der Waals surface area contributed by atoms with E-state index < -0.39 is 0 Å². The number of ether oxygens (including phenoxy) is 1. The zero-order valence-corrected chi connectivity index (χ0v) is 11.5. The Labute approximate surface area is 113 Å². The molecule has 1 aliphatic heterocycles. The quantitative estimate of drug-likeness (QED) is 0.805. The normalized spacial score (nSPS) is 24.3. The van der Waals surface area contributed by atoms with E-state index in [2.05, 4.69) is 10.6 Å². The van der Waals surface area contributed by atoms with Crippen LogP contribution in [-0.2, 0) is 16.0 Å². The molecule has 0 spiro atoms. The molecular weight excluding hydrogens is 244 g/mol. The zero-order chi connectivity index (χ0) is 13.7. The summed E-state index contributed by atoms with van der Waals surface area (Å²) in [6.45, 7) is 5.97. The van der Waals surface area contributed by atoms with Gasteiger partial charge in [-0.1, -0.05) is 6.92 Å². The van der Waals surface area contributed by atoms with Crippen molar-refractivity contribution in [2.75, 3.05) is 19.8 Å². The van der Waals surface area contributed by atoms with Gasteiger partial charge in [-0.15, -0.1) is 0 Å². The summed E-state index contributed by atoms with van der Waals surface area (Å²) >= 11 is 0. The minimum Gasteiger partial charge on any atom is -0.469 e. The average molecular weight is 266 g/mol. The van der Waals surface area contributed by atoms with Gasteiger partial charge in [0.05, 0.1) is 25.4 Å². The molecule has 5 heteroatoms. The molecule has 1 aromatic rings. The molecule has 0 bridgehead atoms. The van der Waals surface area contributed by atoms with E-state index in [0.29, 0.717) is 19.6 Å². The Morgan fingerprint density at radius 1 is 1.53 bits per heavy atom. The molecule has 5 nitrogen and oxygen atoms in total. The number of hydrogen-bond donors (Lipinski definition) is 2. The summed E-state index contributed by atoms with van der Waals surface area (Å²) in [5.74, 6) is 0.847. The number of rotatable bonds is 6. The van der Waals surface area contributed by atoms with Crippen molar-refractivity contribution in [1.29, 1.82) is 0 Å². The Morgan fingerprint density at radius 3 is 3.05 bits per heavy atom. The van der Waals surface area contributed by atoms with E-state index in [1.165, 1.54) is 0 Å². The van der Waals surface area contributed by atoms with E-state index in [9.17, 15) is 4.79 Å². The molecule has 0 radical (unpaired) electrons. The van der Waals surface area contributed by atoms with Crippen molar-refractivity contribution in [2.45, 2.75) is 32.4 Å². The van der Waals surface area contributed by atoms with Gasteiger partial charge < -0.3 is 19.8 Å². The number of amides is 1. The van der Waals surface area contributed by atoms with Gasteiger partial charge >= 0.3 is 0 Å². The summed E-state index contributed by atoms with van der Waals surface area (Å²) in [5, 5.41) is 6.32. The molecule has 2 heterocycles. The largest absolute Gasteiger partial charge is 0.469 e. The fourth-order valence-electron chi connectivity index (χ4n) is 2.41. The Morgan fingerprint density at radius 2 is 2.37 bits per heavy atom. The third-order valence-corrected chi connectivity index (χ3v) is 3.36. The van der Waals surface area contributed by atoms with Crippen LogP contribution in [0.5, 0.6) is 0 Å². The molecule has 19 heavy (non-hydrogen) atoms. The smallest absolute Gasteiger partial charge is 0.227 e. The Hall–Kier alpha value is -1.33. The molecule has 3 atom stereocenters. The molecular formula is C14H22N2O3. The first-order valence-electron chi connectivity index (χ1n) is 6.84. The van der Waals surface area contributed by atoms with E-state index in [4.69, 9.17) is 9.15 Å². The number of hydrogen-bond acceptors (Lipinski definition) is 4. The Kier molecular flexibility index (Phi) is 4.99. The Bertz CT molecular complexity index is 391. The van der Waals surface area contributed by atoms with E-state index in [1.54, 1.807) is 6.26 Å². The van der Waals surface area contributed by atoms with Crippen LogP contribution in [0, 0.1) is 5.92 Å². The van der Waals surface area contributed by atoms with Gasteiger partial charge in [0.2, 0.25) is 5.91 Å². The van der Waals surface area contributed by atoms with Crippen LogP contribution in [0.4, 0.5) is 0 Å². The number of furan rings is 1. The van der Waals surface area contributed by atoms with Gasteiger partial charge in [0.1, 0.15) is 5.76 Å². The van der Waals surface area contributed by atoms with Crippen LogP contribution in [0.1, 0.15) is 19.6 Å². The van der Waals surface area contributed by atoms with Crippen molar-refractivity contribution in [3.63, 3.8) is 0 Å². The number of carbonyl (C=O) groups is 1. The van der Waals surface area contributed by atoms with Crippen LogP contribution < -0.4 is 10.6 Å². The number of carbonyl (C=O) groups excluding carboxylic acids is 1. The topological polar surface area (TPSA) is 63.5 Å². The fourth-order valence-corrected chi connectivity index (χ4v) is 2.41. The average Bonchev–Trinajstić information content (AvgIpc) is 3.00. The van der Waals surface area contributed by atoms with Gasteiger partial charge in [-0.05, 0) is 25.6 Å². The van der Waals surface area contributed by atoms with Crippen LogP contribution in [0.15, 0.2) is 22.8 Å². The molecule has 1 amide bonds. The van der Waals surface area contributed by atoms with Crippen molar-refractivity contribution < 1.29 is 13.9 Å². The van der Waals surface area contributed by atoms with Crippen LogP contribution >= 0.6 is 0 Å². The number of likely N-dealkylation sites (N-methyl/N-ethyl adjacent to an activating group) is 1. The van der Waals surface area contributed by atoms with Gasteiger partial charge in [0, 0.05) is 18.5 Å². The molecule has 1 saturated heterocycles. The summed E-state index contributed by atoms with van der Waals surface area (Å²) in [6, 6.07) is 3.96. The molecule has 0 saturated carbocycles. The summed E-state index contributed by atoms with van der Waals surface area (Å²) in [7, 11) is 0. The highest BCUT2D eigenvalue weighted by atomic mass is 16.5. The minimum absolute atomic E-state index is 0.0570. The van der Waals surface area contributed by atoms with Gasteiger partial charge in [0.25, 0.3) is 0 Å². The highest BCUT2D eigenvalue weighted by Crippen LogP contribution is 2.14. The maximum absolute atomic E-state index is 12.2. The highest BCUT2D eigenvalue weighted by molar-refractivity contribution is 5.80. The second-order valence-electron chi connectivity index (χ2n) is 5.00.